The van der Waals surface area contributed by atoms with E-state index >= 15 is 0 Å². The van der Waals surface area contributed by atoms with Gasteiger partial charge in [-0.15, -0.1) is 5.10 Å². The number of aryl methyl sites for hydroxylation is 1. The van der Waals surface area contributed by atoms with Gasteiger partial charge in [0, 0.05) is 29.5 Å². The number of pyridine rings is 1. The lowest BCUT2D eigenvalue weighted by Gasteiger charge is -2.15. The van der Waals surface area contributed by atoms with Gasteiger partial charge in [-0.25, -0.2) is 4.98 Å². The summed E-state index contributed by atoms with van der Waals surface area (Å²) in [7, 11) is 1.68. The minimum Gasteiger partial charge on any atom is -0.380 e. The van der Waals surface area contributed by atoms with Gasteiger partial charge in [-0.3, -0.25) is 4.79 Å². The molecule has 1 aliphatic rings. The van der Waals surface area contributed by atoms with Gasteiger partial charge in [0.05, 0.1) is 30.2 Å². The van der Waals surface area contributed by atoms with Gasteiger partial charge in [-0.2, -0.15) is 4.68 Å². The third-order valence-corrected chi connectivity index (χ3v) is 6.69. The number of fused-ring (bicyclic) bond motifs is 1. The van der Waals surface area contributed by atoms with E-state index in [0.29, 0.717) is 11.6 Å². The molecule has 0 unspecified atom stereocenters. The van der Waals surface area contributed by atoms with Crippen molar-refractivity contribution in [2.24, 2.45) is 0 Å². The number of nitrogens with one attached hydrogen (secondary N) is 1. The maximum absolute atomic E-state index is 13.4. The fraction of sp³-hybridized carbons (Fsp3) is 0.192. The van der Waals surface area contributed by atoms with Crippen molar-refractivity contribution in [2.45, 2.75) is 25.5 Å². The van der Waals surface area contributed by atoms with E-state index in [0.717, 1.165) is 58.0 Å². The van der Waals surface area contributed by atoms with Crippen LogP contribution in [0.15, 0.2) is 71.9 Å². The third kappa shape index (κ3) is 4.02. The molecule has 9 nitrogen and oxygen atoms in total. The fourth-order valence-electron chi connectivity index (χ4n) is 4.87. The normalized spacial score (nSPS) is 14.8. The number of hydrogen-bond donors (Lipinski definition) is 1. The van der Waals surface area contributed by atoms with E-state index in [9.17, 15) is 4.79 Å². The number of halogens is 1. The molecule has 1 atom stereocenters. The molecular weight excluding hydrogens is 478 g/mol. The van der Waals surface area contributed by atoms with Gasteiger partial charge in [-0.05, 0) is 70.3 Å². The molecule has 0 radical (unpaired) electrons. The zero-order valence-corrected chi connectivity index (χ0v) is 20.2. The third-order valence-electron chi connectivity index (χ3n) is 6.46. The van der Waals surface area contributed by atoms with Crippen LogP contribution >= 0.6 is 11.6 Å². The summed E-state index contributed by atoms with van der Waals surface area (Å²) in [6.07, 6.45) is 4.88. The van der Waals surface area contributed by atoms with Crippen LogP contribution in [-0.4, -0.2) is 41.9 Å². The van der Waals surface area contributed by atoms with E-state index in [1.165, 1.54) is 6.33 Å². The molecular formula is C26H22ClN7O2. The van der Waals surface area contributed by atoms with Crippen LogP contribution in [0.5, 0.6) is 0 Å². The highest BCUT2D eigenvalue weighted by Crippen LogP contribution is 2.34. The van der Waals surface area contributed by atoms with Gasteiger partial charge in [-0.1, -0.05) is 29.8 Å². The number of tetrazole rings is 1. The topological polar surface area (TPSA) is 104 Å². The van der Waals surface area contributed by atoms with Crippen LogP contribution in [0.4, 0.5) is 0 Å². The largest absolute Gasteiger partial charge is 0.380 e. The number of benzene rings is 2. The lowest BCUT2D eigenvalue weighted by Crippen LogP contribution is -2.23. The first-order chi connectivity index (χ1) is 17.6. The summed E-state index contributed by atoms with van der Waals surface area (Å²) in [6.45, 7) is 0.546. The molecule has 6 rings (SSSR count). The van der Waals surface area contributed by atoms with Crippen molar-refractivity contribution in [3.05, 3.63) is 99.6 Å². The molecule has 2 aromatic carbocycles. The molecule has 0 spiro atoms. The Morgan fingerprint density at radius 2 is 2.06 bits per heavy atom. The van der Waals surface area contributed by atoms with Crippen LogP contribution in [0.1, 0.15) is 29.5 Å². The fourth-order valence-corrected chi connectivity index (χ4v) is 5.04. The Morgan fingerprint density at radius 1 is 1.14 bits per heavy atom. The predicted molar refractivity (Wildman–Crippen MR) is 135 cm³/mol. The van der Waals surface area contributed by atoms with Crippen molar-refractivity contribution in [3.8, 4) is 28.1 Å². The lowest BCUT2D eigenvalue weighted by atomic mass is 10.0. The second kappa shape index (κ2) is 9.18. The molecule has 0 fully saturated rings. The number of rotatable bonds is 6. The summed E-state index contributed by atoms with van der Waals surface area (Å²) in [5, 5.41) is 12.0. The van der Waals surface area contributed by atoms with Crippen molar-refractivity contribution in [2.75, 3.05) is 7.11 Å². The van der Waals surface area contributed by atoms with Crippen molar-refractivity contribution >= 4 is 11.6 Å². The zero-order chi connectivity index (χ0) is 24.6. The first kappa shape index (κ1) is 22.4. The molecule has 180 valence electrons. The first-order valence-corrected chi connectivity index (χ1v) is 11.9. The van der Waals surface area contributed by atoms with E-state index < -0.39 is 0 Å². The van der Waals surface area contributed by atoms with Gasteiger partial charge in [0.1, 0.15) is 12.2 Å². The highest BCUT2D eigenvalue weighted by molar-refractivity contribution is 6.31. The van der Waals surface area contributed by atoms with E-state index in [1.54, 1.807) is 23.9 Å². The smallest absolute Gasteiger partial charge is 0.252 e. The minimum atomic E-state index is -0.157. The summed E-state index contributed by atoms with van der Waals surface area (Å²) in [5.74, 6) is 0.771. The molecule has 36 heavy (non-hydrogen) atoms. The lowest BCUT2D eigenvalue weighted by molar-refractivity contribution is 0.185. The SMILES string of the molecule is COCc1cccc(-c2cnc([C@@H]3CCc4cc(-c5cc(Cl)ccc5-n5cnnn5)cc(=O)n43)[nH]2)c1. The Morgan fingerprint density at radius 3 is 2.89 bits per heavy atom. The van der Waals surface area contributed by atoms with Crippen molar-refractivity contribution < 1.29 is 4.74 Å². The Kier molecular flexibility index (Phi) is 5.71. The van der Waals surface area contributed by atoms with Gasteiger partial charge < -0.3 is 14.3 Å². The number of aromatic amines is 1. The summed E-state index contributed by atoms with van der Waals surface area (Å²) >= 11 is 6.30. The first-order valence-electron chi connectivity index (χ1n) is 11.5. The summed E-state index contributed by atoms with van der Waals surface area (Å²) in [5.41, 5.74) is 6.19. The molecule has 3 aromatic heterocycles. The molecule has 1 N–H and O–H groups in total. The van der Waals surface area contributed by atoms with Gasteiger partial charge in [0.25, 0.3) is 5.56 Å². The van der Waals surface area contributed by atoms with Gasteiger partial charge in [0.2, 0.25) is 0 Å². The van der Waals surface area contributed by atoms with E-state index in [1.807, 2.05) is 47.2 Å². The van der Waals surface area contributed by atoms with E-state index in [2.05, 4.69) is 31.6 Å². The van der Waals surface area contributed by atoms with E-state index in [4.69, 9.17) is 16.3 Å². The number of nitrogens with zero attached hydrogens (tertiary/aromatic N) is 6. The molecule has 10 heteroatoms. The van der Waals surface area contributed by atoms with Crippen LogP contribution < -0.4 is 5.56 Å². The number of methoxy groups -OCH3 is 1. The number of ether oxygens (including phenoxy) is 1. The Balaban J connectivity index is 1.36. The van der Waals surface area contributed by atoms with Gasteiger partial charge in [0.15, 0.2) is 0 Å². The van der Waals surface area contributed by atoms with Crippen LogP contribution in [0.3, 0.4) is 0 Å². The minimum absolute atomic E-state index is 0.0901. The van der Waals surface area contributed by atoms with Crippen molar-refractivity contribution in [1.82, 2.24) is 34.7 Å². The molecule has 4 heterocycles. The standard InChI is InChI=1S/C26H22ClN7O2/c1-36-14-16-3-2-4-17(9-16)22-13-28-26(30-22)24-8-6-20-10-18(11-25(35)34(20)24)21-12-19(27)5-7-23(21)33-15-29-31-32-33/h2-5,7,9-13,15,24H,6,8,14H2,1H3,(H,28,30)/t24-/m0/s1. The molecule has 0 saturated heterocycles. The second-order valence-corrected chi connectivity index (χ2v) is 9.17. The predicted octanol–water partition coefficient (Wildman–Crippen LogP) is 4.22. The monoisotopic (exact) mass is 499 g/mol. The molecule has 0 bridgehead atoms. The number of H-pyrrole nitrogens is 1. The van der Waals surface area contributed by atoms with E-state index in [-0.39, 0.29) is 11.6 Å². The Hall–Kier alpha value is -4.08. The van der Waals surface area contributed by atoms with Crippen molar-refractivity contribution in [3.63, 3.8) is 0 Å². The Bertz CT molecular complexity index is 1610. The summed E-state index contributed by atoms with van der Waals surface area (Å²) in [6, 6.07) is 17.1. The maximum atomic E-state index is 13.4. The quantitative estimate of drug-likeness (QED) is 0.375. The second-order valence-electron chi connectivity index (χ2n) is 8.73. The summed E-state index contributed by atoms with van der Waals surface area (Å²) < 4.78 is 8.64. The average molecular weight is 500 g/mol. The molecule has 0 saturated carbocycles. The summed E-state index contributed by atoms with van der Waals surface area (Å²) in [4.78, 5) is 21.5. The Labute approximate surface area is 211 Å². The molecule has 0 amide bonds. The molecule has 0 aliphatic carbocycles. The molecule has 5 aromatic rings. The number of hydrogen-bond acceptors (Lipinski definition) is 6. The number of aromatic nitrogens is 7. The van der Waals surface area contributed by atoms with Crippen LogP contribution in [0.2, 0.25) is 5.02 Å². The van der Waals surface area contributed by atoms with Gasteiger partial charge >= 0.3 is 0 Å². The van der Waals surface area contributed by atoms with Crippen LogP contribution in [0.25, 0.3) is 28.1 Å². The highest BCUT2D eigenvalue weighted by Gasteiger charge is 2.28. The zero-order valence-electron chi connectivity index (χ0n) is 19.4. The average Bonchev–Trinajstić information content (AvgIpc) is 3.65. The van der Waals surface area contributed by atoms with Crippen LogP contribution in [-0.2, 0) is 17.8 Å². The van der Waals surface area contributed by atoms with Crippen molar-refractivity contribution in [1.29, 1.82) is 0 Å². The molecule has 1 aliphatic heterocycles. The maximum Gasteiger partial charge on any atom is 0.252 e. The van der Waals surface area contributed by atoms with Crippen LogP contribution in [0, 0.1) is 0 Å². The highest BCUT2D eigenvalue weighted by atomic mass is 35.5. The number of imidazole rings is 1.